The Morgan fingerprint density at radius 2 is 1.30 bits per heavy atom. The van der Waals surface area contributed by atoms with Crippen LogP contribution in [-0.4, -0.2) is 41.7 Å². The molecule has 0 aliphatic carbocycles. The number of ether oxygens (including phenoxy) is 6. The molecule has 2 heterocycles. The minimum atomic E-state index is -0.0249. The maximum Gasteiger partial charge on any atom is 0.130 e. The van der Waals surface area contributed by atoms with E-state index in [0.29, 0.717) is 13.2 Å². The second kappa shape index (κ2) is 10.9. The van der Waals surface area contributed by atoms with Crippen molar-refractivity contribution in [3.05, 3.63) is 107 Å². The van der Waals surface area contributed by atoms with Crippen molar-refractivity contribution in [3.8, 4) is 34.5 Å². The van der Waals surface area contributed by atoms with Crippen molar-refractivity contribution in [2.45, 2.75) is 11.8 Å². The predicted molar refractivity (Wildman–Crippen MR) is 155 cm³/mol. The van der Waals surface area contributed by atoms with Gasteiger partial charge in [-0.05, 0) is 59.2 Å². The van der Waals surface area contributed by atoms with Crippen LogP contribution < -0.4 is 28.4 Å². The number of benzene rings is 4. The first kappa shape index (κ1) is 25.7. The number of methoxy groups -OCH3 is 4. The highest BCUT2D eigenvalue weighted by molar-refractivity contribution is 5.86. The molecule has 0 saturated carbocycles. The van der Waals surface area contributed by atoms with Gasteiger partial charge in [-0.2, -0.15) is 0 Å². The van der Waals surface area contributed by atoms with Gasteiger partial charge in [-0.3, -0.25) is 0 Å². The van der Waals surface area contributed by atoms with Gasteiger partial charge < -0.3 is 28.4 Å². The van der Waals surface area contributed by atoms with Gasteiger partial charge in [-0.25, -0.2) is 0 Å². The van der Waals surface area contributed by atoms with Crippen LogP contribution in [0.25, 0.3) is 11.6 Å². The lowest BCUT2D eigenvalue weighted by Gasteiger charge is -2.36. The highest BCUT2D eigenvalue weighted by atomic mass is 16.5. The van der Waals surface area contributed by atoms with Gasteiger partial charge in [-0.15, -0.1) is 0 Å². The molecule has 2 atom stereocenters. The van der Waals surface area contributed by atoms with Crippen LogP contribution in [0.15, 0.2) is 78.9 Å². The smallest absolute Gasteiger partial charge is 0.130 e. The van der Waals surface area contributed by atoms with Gasteiger partial charge in [-0.1, -0.05) is 30.3 Å². The van der Waals surface area contributed by atoms with Crippen LogP contribution >= 0.6 is 0 Å². The molecule has 0 bridgehead atoms. The molecule has 0 amide bonds. The number of hydrogen-bond donors (Lipinski definition) is 0. The van der Waals surface area contributed by atoms with Crippen molar-refractivity contribution in [2.24, 2.45) is 0 Å². The molecular formula is C34H32O6. The summed E-state index contributed by atoms with van der Waals surface area (Å²) in [7, 11) is 6.73. The topological polar surface area (TPSA) is 55.4 Å². The van der Waals surface area contributed by atoms with Crippen LogP contribution in [0.3, 0.4) is 0 Å². The standard InChI is InChI=1S/C34H32O6/c1-35-25-9-5-21(6-10-25)24-15-23-16-29(32(38-4)18-31(23)39-19-24)34-28-14-13-27(37-3)17-33(28)40-20-30(34)22-7-11-26(36-2)12-8-22/h5-18,30,34H,19-20H2,1-4H3. The summed E-state index contributed by atoms with van der Waals surface area (Å²) in [6.45, 7) is 0.997. The molecule has 4 aromatic rings. The molecule has 6 rings (SSSR count). The maximum atomic E-state index is 6.32. The average molecular weight is 537 g/mol. The predicted octanol–water partition coefficient (Wildman–Crippen LogP) is 6.96. The molecule has 2 aliphatic heterocycles. The highest BCUT2D eigenvalue weighted by Gasteiger charge is 2.36. The van der Waals surface area contributed by atoms with E-state index in [9.17, 15) is 0 Å². The van der Waals surface area contributed by atoms with Gasteiger partial charge in [0, 0.05) is 40.7 Å². The minimum Gasteiger partial charge on any atom is -0.497 e. The molecule has 0 N–H and O–H groups in total. The fourth-order valence-electron chi connectivity index (χ4n) is 5.65. The molecule has 204 valence electrons. The fraction of sp³-hybridized carbons (Fsp3) is 0.235. The molecule has 4 aromatic carbocycles. The van der Waals surface area contributed by atoms with E-state index < -0.39 is 0 Å². The summed E-state index contributed by atoms with van der Waals surface area (Å²) in [5.74, 6) is 4.84. The maximum absolute atomic E-state index is 6.32. The number of hydrogen-bond acceptors (Lipinski definition) is 6. The minimum absolute atomic E-state index is 0.0249. The molecule has 2 unspecified atom stereocenters. The van der Waals surface area contributed by atoms with Crippen molar-refractivity contribution in [3.63, 3.8) is 0 Å². The van der Waals surface area contributed by atoms with Gasteiger partial charge in [0.05, 0.1) is 35.0 Å². The Balaban J connectivity index is 1.48. The summed E-state index contributed by atoms with van der Waals surface area (Å²) in [5, 5.41) is 0. The van der Waals surface area contributed by atoms with Crippen LogP contribution in [0.4, 0.5) is 0 Å². The Morgan fingerprint density at radius 1 is 0.625 bits per heavy atom. The van der Waals surface area contributed by atoms with Gasteiger partial charge in [0.15, 0.2) is 0 Å². The van der Waals surface area contributed by atoms with Gasteiger partial charge in [0.2, 0.25) is 0 Å². The number of rotatable bonds is 7. The number of fused-ring (bicyclic) bond motifs is 2. The van der Waals surface area contributed by atoms with E-state index in [1.165, 1.54) is 0 Å². The van der Waals surface area contributed by atoms with Crippen molar-refractivity contribution in [2.75, 3.05) is 41.7 Å². The van der Waals surface area contributed by atoms with Crippen LogP contribution in [0.2, 0.25) is 0 Å². The zero-order valence-corrected chi connectivity index (χ0v) is 23.1. The average Bonchev–Trinajstić information content (AvgIpc) is 3.03. The van der Waals surface area contributed by atoms with Gasteiger partial charge in [0.25, 0.3) is 0 Å². The molecule has 2 aliphatic rings. The van der Waals surface area contributed by atoms with E-state index in [4.69, 9.17) is 28.4 Å². The monoisotopic (exact) mass is 536 g/mol. The first-order chi connectivity index (χ1) is 19.6. The lowest BCUT2D eigenvalue weighted by atomic mass is 9.75. The molecule has 0 aromatic heterocycles. The molecule has 40 heavy (non-hydrogen) atoms. The molecular weight excluding hydrogens is 504 g/mol. The quantitative estimate of drug-likeness (QED) is 0.255. The third-order valence-electron chi connectivity index (χ3n) is 7.79. The van der Waals surface area contributed by atoms with Crippen LogP contribution in [0.5, 0.6) is 34.5 Å². The molecule has 6 heteroatoms. The molecule has 0 radical (unpaired) electrons. The molecule has 0 fully saturated rings. The highest BCUT2D eigenvalue weighted by Crippen LogP contribution is 2.51. The fourth-order valence-corrected chi connectivity index (χ4v) is 5.65. The van der Waals surface area contributed by atoms with Crippen LogP contribution in [0.1, 0.15) is 39.7 Å². The summed E-state index contributed by atoms with van der Waals surface area (Å²) >= 11 is 0. The zero-order valence-electron chi connectivity index (χ0n) is 23.1. The second-order valence-corrected chi connectivity index (χ2v) is 9.89. The normalized spacial score (nSPS) is 17.4. The Hall–Kier alpha value is -4.58. The van der Waals surface area contributed by atoms with Gasteiger partial charge >= 0.3 is 0 Å². The van der Waals surface area contributed by atoms with Gasteiger partial charge in [0.1, 0.15) is 41.1 Å². The van der Waals surface area contributed by atoms with E-state index in [1.54, 1.807) is 28.4 Å². The summed E-state index contributed by atoms with van der Waals surface area (Å²) in [6.07, 6.45) is 2.21. The summed E-state index contributed by atoms with van der Waals surface area (Å²) in [4.78, 5) is 0. The summed E-state index contributed by atoms with van der Waals surface area (Å²) in [6, 6.07) is 26.6. The second-order valence-electron chi connectivity index (χ2n) is 9.89. The third-order valence-corrected chi connectivity index (χ3v) is 7.79. The van der Waals surface area contributed by atoms with Crippen LogP contribution in [0, 0.1) is 0 Å². The Morgan fingerprint density at radius 3 is 1.98 bits per heavy atom. The summed E-state index contributed by atoms with van der Waals surface area (Å²) in [5.41, 5.74) is 6.55. The van der Waals surface area contributed by atoms with E-state index >= 15 is 0 Å². The summed E-state index contributed by atoms with van der Waals surface area (Å²) < 4.78 is 34.8. The lowest BCUT2D eigenvalue weighted by Crippen LogP contribution is -2.26. The lowest BCUT2D eigenvalue weighted by molar-refractivity contribution is 0.245. The van der Waals surface area contributed by atoms with Crippen molar-refractivity contribution < 1.29 is 28.4 Å². The van der Waals surface area contributed by atoms with Crippen LogP contribution in [-0.2, 0) is 0 Å². The van der Waals surface area contributed by atoms with E-state index in [2.05, 4.69) is 42.5 Å². The van der Waals surface area contributed by atoms with Crippen molar-refractivity contribution >= 4 is 11.6 Å². The van der Waals surface area contributed by atoms with Crippen molar-refractivity contribution in [1.29, 1.82) is 0 Å². The molecule has 6 nitrogen and oxygen atoms in total. The molecule has 0 spiro atoms. The largest absolute Gasteiger partial charge is 0.497 e. The van der Waals surface area contributed by atoms with E-state index in [1.807, 2.05) is 42.5 Å². The Bertz CT molecular complexity index is 1540. The van der Waals surface area contributed by atoms with E-state index in [0.717, 1.165) is 67.9 Å². The molecule has 0 saturated heterocycles. The Labute approximate surface area is 234 Å². The third kappa shape index (κ3) is 4.70. The van der Waals surface area contributed by atoms with Crippen molar-refractivity contribution in [1.82, 2.24) is 0 Å². The van der Waals surface area contributed by atoms with E-state index in [-0.39, 0.29) is 11.8 Å². The SMILES string of the molecule is COc1ccc(C2=Cc3cc(C4c5ccc(OC)cc5OCC4c4ccc(OC)cc4)c(OC)cc3OC2)cc1. The first-order valence-corrected chi connectivity index (χ1v) is 13.3. The Kier molecular flexibility index (Phi) is 6.99. The zero-order chi connectivity index (χ0) is 27.6. The first-order valence-electron chi connectivity index (χ1n) is 13.3.